The third-order valence-electron chi connectivity index (χ3n) is 2.94. The summed E-state index contributed by atoms with van der Waals surface area (Å²) < 4.78 is 0. The van der Waals surface area contributed by atoms with Crippen LogP contribution in [-0.4, -0.2) is 36.1 Å². The molecule has 1 atom stereocenters. The molecule has 0 fully saturated rings. The van der Waals surface area contributed by atoms with Crippen LogP contribution < -0.4 is 10.2 Å². The van der Waals surface area contributed by atoms with Crippen LogP contribution in [0.15, 0.2) is 29.4 Å². The molecular weight excluding hydrogens is 288 g/mol. The van der Waals surface area contributed by atoms with Crippen molar-refractivity contribution in [3.8, 4) is 0 Å². The third kappa shape index (κ3) is 3.55. The first-order valence-corrected chi connectivity index (χ1v) is 7.36. The van der Waals surface area contributed by atoms with E-state index in [-0.39, 0.29) is 17.2 Å². The van der Waals surface area contributed by atoms with Crippen molar-refractivity contribution in [3.63, 3.8) is 0 Å². The van der Waals surface area contributed by atoms with Crippen LogP contribution in [0.5, 0.6) is 0 Å². The highest BCUT2D eigenvalue weighted by atomic mass is 32.2. The van der Waals surface area contributed by atoms with Crippen LogP contribution in [0.2, 0.25) is 0 Å². The van der Waals surface area contributed by atoms with Gasteiger partial charge in [0.1, 0.15) is 5.37 Å². The van der Waals surface area contributed by atoms with Gasteiger partial charge in [-0.25, -0.2) is 5.01 Å². The standard InChI is InChI=1S/C14H18N4O2S/c1-9(19)15-14-16-18(10(2)20)13(21-14)11-5-7-12(8-6-11)17(3)4/h5-8,13H,1-4H3,(H,15,16,19)/t13-/m0/s1. The second-order valence-corrected chi connectivity index (χ2v) is 5.98. The summed E-state index contributed by atoms with van der Waals surface area (Å²) in [4.78, 5) is 24.9. The largest absolute Gasteiger partial charge is 0.378 e. The number of benzene rings is 1. The van der Waals surface area contributed by atoms with Crippen LogP contribution in [0.1, 0.15) is 24.8 Å². The minimum atomic E-state index is -0.249. The van der Waals surface area contributed by atoms with Crippen LogP contribution in [0.4, 0.5) is 5.69 Å². The summed E-state index contributed by atoms with van der Waals surface area (Å²) in [6.07, 6.45) is 0. The fourth-order valence-corrected chi connectivity index (χ4v) is 3.05. The molecule has 2 rings (SSSR count). The number of thioether (sulfide) groups is 1. The first-order chi connectivity index (χ1) is 9.88. The lowest BCUT2D eigenvalue weighted by atomic mass is 10.2. The fraction of sp³-hybridized carbons (Fsp3) is 0.357. The fourth-order valence-electron chi connectivity index (χ4n) is 1.92. The molecular formula is C14H18N4O2S. The molecule has 0 aromatic heterocycles. The molecule has 2 amide bonds. The first-order valence-electron chi connectivity index (χ1n) is 6.48. The molecule has 0 spiro atoms. The normalized spacial score (nSPS) is 17.4. The molecule has 1 aliphatic heterocycles. The third-order valence-corrected chi connectivity index (χ3v) is 4.05. The van der Waals surface area contributed by atoms with Crippen molar-refractivity contribution in [2.24, 2.45) is 5.10 Å². The highest BCUT2D eigenvalue weighted by Gasteiger charge is 2.32. The lowest BCUT2D eigenvalue weighted by molar-refractivity contribution is -0.129. The number of carbonyl (C=O) groups excluding carboxylic acids is 2. The average Bonchev–Trinajstić information content (AvgIpc) is 2.82. The summed E-state index contributed by atoms with van der Waals surface area (Å²) in [7, 11) is 3.94. The Kier molecular flexibility index (Phi) is 4.52. The number of hydrogen-bond donors (Lipinski definition) is 1. The van der Waals surface area contributed by atoms with Gasteiger partial charge in [-0.3, -0.25) is 9.59 Å². The Bertz CT molecular complexity index is 583. The monoisotopic (exact) mass is 306 g/mol. The molecule has 0 saturated heterocycles. The number of nitrogens with zero attached hydrogens (tertiary/aromatic N) is 3. The minimum Gasteiger partial charge on any atom is -0.378 e. The number of nitrogens with one attached hydrogen (secondary N) is 1. The van der Waals surface area contributed by atoms with E-state index in [9.17, 15) is 9.59 Å². The Hall–Kier alpha value is -2.02. The van der Waals surface area contributed by atoms with E-state index in [1.54, 1.807) is 0 Å². The van der Waals surface area contributed by atoms with Crippen molar-refractivity contribution in [2.75, 3.05) is 19.0 Å². The Morgan fingerprint density at radius 2 is 1.86 bits per heavy atom. The van der Waals surface area contributed by atoms with Crippen LogP contribution >= 0.6 is 11.8 Å². The molecule has 112 valence electrons. The Labute approximate surface area is 128 Å². The van der Waals surface area contributed by atoms with Gasteiger partial charge in [0.15, 0.2) is 5.17 Å². The minimum absolute atomic E-state index is 0.162. The quantitative estimate of drug-likeness (QED) is 0.904. The maximum atomic E-state index is 11.7. The number of amides is 2. The summed E-state index contributed by atoms with van der Waals surface area (Å²) >= 11 is 1.35. The number of carbonyl (C=O) groups is 2. The van der Waals surface area contributed by atoms with Crippen LogP contribution in [0.25, 0.3) is 0 Å². The van der Waals surface area contributed by atoms with E-state index in [0.29, 0.717) is 5.17 Å². The zero-order valence-corrected chi connectivity index (χ0v) is 13.3. The SMILES string of the molecule is CC(=O)NC1=NN(C(C)=O)[C@H](c2ccc(N(C)C)cc2)S1. The summed E-state index contributed by atoms with van der Waals surface area (Å²) in [6.45, 7) is 2.88. The molecule has 0 unspecified atom stereocenters. The van der Waals surface area contributed by atoms with Crippen molar-refractivity contribution in [1.82, 2.24) is 10.3 Å². The molecule has 0 radical (unpaired) electrons. The van der Waals surface area contributed by atoms with Gasteiger partial charge in [-0.05, 0) is 17.7 Å². The summed E-state index contributed by atoms with van der Waals surface area (Å²) in [5, 5.41) is 8.38. The van der Waals surface area contributed by atoms with Gasteiger partial charge in [0.25, 0.3) is 0 Å². The van der Waals surface area contributed by atoms with Gasteiger partial charge in [0.05, 0.1) is 0 Å². The van der Waals surface area contributed by atoms with Crippen molar-refractivity contribution < 1.29 is 9.59 Å². The molecule has 0 bridgehead atoms. The lowest BCUT2D eigenvalue weighted by Gasteiger charge is -2.20. The Morgan fingerprint density at radius 1 is 1.24 bits per heavy atom. The molecule has 0 aliphatic carbocycles. The number of anilines is 1. The van der Waals surface area contributed by atoms with Gasteiger partial charge in [-0.15, -0.1) is 5.10 Å². The molecule has 1 aliphatic rings. The van der Waals surface area contributed by atoms with Crippen LogP contribution in [-0.2, 0) is 9.59 Å². The summed E-state index contributed by atoms with van der Waals surface area (Å²) in [5.41, 5.74) is 2.05. The Balaban J connectivity index is 2.22. The highest BCUT2D eigenvalue weighted by molar-refractivity contribution is 8.14. The summed E-state index contributed by atoms with van der Waals surface area (Å²) in [6, 6.07) is 7.92. The Morgan fingerprint density at radius 3 is 2.33 bits per heavy atom. The van der Waals surface area contributed by atoms with Crippen LogP contribution in [0.3, 0.4) is 0 Å². The van der Waals surface area contributed by atoms with E-state index in [1.165, 1.54) is 30.6 Å². The van der Waals surface area contributed by atoms with Gasteiger partial charge in [-0.1, -0.05) is 23.9 Å². The van der Waals surface area contributed by atoms with E-state index in [1.807, 2.05) is 43.3 Å². The molecule has 6 nitrogen and oxygen atoms in total. The number of hydrazone groups is 1. The molecule has 1 heterocycles. The molecule has 7 heteroatoms. The molecule has 1 aromatic carbocycles. The maximum Gasteiger partial charge on any atom is 0.241 e. The highest BCUT2D eigenvalue weighted by Crippen LogP contribution is 2.38. The van der Waals surface area contributed by atoms with Gasteiger partial charge >= 0.3 is 0 Å². The molecule has 1 N–H and O–H groups in total. The van der Waals surface area contributed by atoms with E-state index in [2.05, 4.69) is 10.4 Å². The van der Waals surface area contributed by atoms with Crippen molar-refractivity contribution in [2.45, 2.75) is 19.2 Å². The van der Waals surface area contributed by atoms with Crippen LogP contribution in [0, 0.1) is 0 Å². The molecule has 1 aromatic rings. The van der Waals surface area contributed by atoms with Gasteiger partial charge in [0, 0.05) is 33.6 Å². The maximum absolute atomic E-state index is 11.7. The van der Waals surface area contributed by atoms with Gasteiger partial charge < -0.3 is 10.2 Å². The topological polar surface area (TPSA) is 65.0 Å². The van der Waals surface area contributed by atoms with E-state index in [4.69, 9.17) is 0 Å². The molecule has 21 heavy (non-hydrogen) atoms. The lowest BCUT2D eigenvalue weighted by Crippen LogP contribution is -2.25. The molecule has 0 saturated carbocycles. The first kappa shape index (κ1) is 15.4. The summed E-state index contributed by atoms with van der Waals surface area (Å²) in [5.74, 6) is -0.363. The average molecular weight is 306 g/mol. The smallest absolute Gasteiger partial charge is 0.241 e. The second-order valence-electron chi connectivity index (χ2n) is 4.91. The van der Waals surface area contributed by atoms with Gasteiger partial charge in [-0.2, -0.15) is 0 Å². The zero-order chi connectivity index (χ0) is 15.6. The van der Waals surface area contributed by atoms with E-state index < -0.39 is 0 Å². The van der Waals surface area contributed by atoms with Crippen molar-refractivity contribution >= 4 is 34.4 Å². The zero-order valence-electron chi connectivity index (χ0n) is 12.5. The number of hydrogen-bond acceptors (Lipinski definition) is 5. The van der Waals surface area contributed by atoms with Crippen molar-refractivity contribution in [3.05, 3.63) is 29.8 Å². The number of rotatable bonds is 2. The van der Waals surface area contributed by atoms with E-state index in [0.717, 1.165) is 11.3 Å². The van der Waals surface area contributed by atoms with Gasteiger partial charge in [0.2, 0.25) is 11.8 Å². The second kappa shape index (κ2) is 6.17. The van der Waals surface area contributed by atoms with E-state index >= 15 is 0 Å². The van der Waals surface area contributed by atoms with Crippen molar-refractivity contribution in [1.29, 1.82) is 0 Å². The predicted molar refractivity (Wildman–Crippen MR) is 84.9 cm³/mol. The predicted octanol–water partition coefficient (Wildman–Crippen LogP) is 1.75. The number of amidine groups is 1.